The van der Waals surface area contributed by atoms with Crippen LogP contribution in [-0.2, 0) is 21.0 Å². The van der Waals surface area contributed by atoms with E-state index in [-0.39, 0.29) is 58.7 Å². The molecule has 1 aromatic carbocycles. The van der Waals surface area contributed by atoms with Gasteiger partial charge in [0.15, 0.2) is 0 Å². The summed E-state index contributed by atoms with van der Waals surface area (Å²) in [7, 11) is -4.46. The molecule has 0 bridgehead atoms. The molecule has 1 amide bonds. The summed E-state index contributed by atoms with van der Waals surface area (Å²) in [5.74, 6) is -0.543. The maximum atomic E-state index is 15.6. The van der Waals surface area contributed by atoms with Crippen LogP contribution in [0.25, 0.3) is 0 Å². The Balaban J connectivity index is 1.27. The van der Waals surface area contributed by atoms with Crippen LogP contribution in [0.15, 0.2) is 29.2 Å². The fraction of sp³-hybridized carbons (Fsp3) is 0.788. The Morgan fingerprint density at radius 1 is 1.07 bits per heavy atom. The molecule has 0 radical (unpaired) electrons. The van der Waals surface area contributed by atoms with Crippen molar-refractivity contribution >= 4 is 15.9 Å². The highest BCUT2D eigenvalue weighted by Gasteiger charge is 2.66. The fourth-order valence-corrected chi connectivity index (χ4v) is 11.7. The minimum Gasteiger partial charge on any atom is -0.393 e. The molecule has 0 heterocycles. The lowest BCUT2D eigenvalue weighted by Crippen LogP contribution is -2.65. The van der Waals surface area contributed by atoms with Crippen molar-refractivity contribution in [3.8, 4) is 0 Å². The highest BCUT2D eigenvalue weighted by Crippen LogP contribution is 2.69. The molecule has 0 spiro atoms. The average Bonchev–Trinajstić information content (AvgIpc) is 3.31. The Hall–Kier alpha value is -1.72. The topological polar surface area (TPSA) is 104 Å². The quantitative estimate of drug-likeness (QED) is 0.294. The Morgan fingerprint density at radius 2 is 1.73 bits per heavy atom. The van der Waals surface area contributed by atoms with Crippen LogP contribution in [-0.4, -0.2) is 42.9 Å². The van der Waals surface area contributed by atoms with Crippen LogP contribution >= 0.6 is 0 Å². The number of nitrogens with one attached hydrogen (secondary N) is 1. The van der Waals surface area contributed by atoms with Gasteiger partial charge in [0, 0.05) is 12.3 Å². The third-order valence-electron chi connectivity index (χ3n) is 12.7. The standard InChI is InChI=1S/C33H47F4NO5S/c1-5-21-28-29(34)25(39)14-16-32(28,4)24-13-15-31(3)22(10-11-23(31)27(24)30(21)41)18(2)9-12-26(40)38-44(42,43)20-8-6-7-19(17-20)33(35,36)37/h6-8,17-18,21-25,27-30,39,41H,5,9-16H2,1-4H3,(H,38,40)/t18-,21-,22?,23?,24?,25-,27?,28?,29+,30-,31-,32-/m1/s1. The molecule has 4 aliphatic rings. The van der Waals surface area contributed by atoms with Crippen LogP contribution in [0.1, 0.15) is 91.0 Å². The molecule has 3 N–H and O–H groups in total. The van der Waals surface area contributed by atoms with Crippen molar-refractivity contribution in [2.24, 2.45) is 52.3 Å². The summed E-state index contributed by atoms with van der Waals surface area (Å²) in [4.78, 5) is 12.1. The largest absolute Gasteiger partial charge is 0.416 e. The van der Waals surface area contributed by atoms with Gasteiger partial charge in [0.05, 0.1) is 22.7 Å². The predicted octanol–water partition coefficient (Wildman–Crippen LogP) is 6.50. The molecular formula is C33H47F4NO5S. The first-order valence-electron chi connectivity index (χ1n) is 16.2. The molecule has 44 heavy (non-hydrogen) atoms. The second-order valence-corrected chi connectivity index (χ2v) is 16.4. The Labute approximate surface area is 258 Å². The number of rotatable bonds is 7. The van der Waals surface area contributed by atoms with Gasteiger partial charge in [-0.15, -0.1) is 0 Å². The number of carbonyl (C=O) groups is 1. The third kappa shape index (κ3) is 5.61. The van der Waals surface area contributed by atoms with Gasteiger partial charge in [-0.05, 0) is 109 Å². The van der Waals surface area contributed by atoms with Crippen LogP contribution in [0.4, 0.5) is 17.6 Å². The number of sulfonamides is 1. The molecule has 11 heteroatoms. The number of hydrogen-bond acceptors (Lipinski definition) is 5. The summed E-state index contributed by atoms with van der Waals surface area (Å²) < 4.78 is 82.1. The van der Waals surface area contributed by atoms with Crippen LogP contribution < -0.4 is 4.72 Å². The van der Waals surface area contributed by atoms with Gasteiger partial charge in [0.2, 0.25) is 5.91 Å². The van der Waals surface area contributed by atoms with Crippen molar-refractivity contribution in [2.45, 2.75) is 115 Å². The van der Waals surface area contributed by atoms with E-state index >= 15 is 4.39 Å². The number of benzene rings is 1. The van der Waals surface area contributed by atoms with Crippen molar-refractivity contribution in [2.75, 3.05) is 0 Å². The van der Waals surface area contributed by atoms with Crippen LogP contribution in [0.2, 0.25) is 0 Å². The molecule has 4 saturated carbocycles. The van der Waals surface area contributed by atoms with Gasteiger partial charge in [-0.25, -0.2) is 17.5 Å². The number of aliphatic hydroxyl groups excluding tert-OH is 2. The SMILES string of the molecule is CC[C@@H]1C2[C@@H](F)[C@H](O)CC[C@]2(C)C2CC[C@@]3(C)C(CCC3[C@H](C)CCC(=O)NS(=O)(=O)c3cccc(C(F)(F)F)c3)C2[C@@H]1O. The zero-order valence-corrected chi connectivity index (χ0v) is 26.8. The molecule has 5 rings (SSSR count). The number of aliphatic hydroxyl groups is 2. The lowest BCUT2D eigenvalue weighted by Gasteiger charge is -2.65. The summed E-state index contributed by atoms with van der Waals surface area (Å²) in [6.45, 7) is 8.54. The molecule has 0 aromatic heterocycles. The van der Waals surface area contributed by atoms with Crippen molar-refractivity contribution in [3.05, 3.63) is 29.8 Å². The number of halogens is 4. The van der Waals surface area contributed by atoms with Crippen molar-refractivity contribution in [3.63, 3.8) is 0 Å². The number of amides is 1. The predicted molar refractivity (Wildman–Crippen MR) is 157 cm³/mol. The zero-order valence-electron chi connectivity index (χ0n) is 26.0. The van der Waals surface area contributed by atoms with Crippen molar-refractivity contribution in [1.29, 1.82) is 0 Å². The summed E-state index contributed by atoms with van der Waals surface area (Å²) >= 11 is 0. The maximum Gasteiger partial charge on any atom is 0.416 e. The highest BCUT2D eigenvalue weighted by atomic mass is 32.2. The van der Waals surface area contributed by atoms with Gasteiger partial charge in [-0.3, -0.25) is 4.79 Å². The van der Waals surface area contributed by atoms with Crippen molar-refractivity contribution in [1.82, 2.24) is 4.72 Å². The van der Waals surface area contributed by atoms with Gasteiger partial charge in [-0.2, -0.15) is 13.2 Å². The van der Waals surface area contributed by atoms with Gasteiger partial charge in [0.25, 0.3) is 10.0 Å². The molecule has 4 fully saturated rings. The van der Waals surface area contributed by atoms with E-state index in [1.54, 1.807) is 0 Å². The minimum absolute atomic E-state index is 0.0421. The van der Waals surface area contributed by atoms with Gasteiger partial charge < -0.3 is 10.2 Å². The molecule has 248 valence electrons. The number of carbonyl (C=O) groups excluding carboxylic acids is 1. The van der Waals surface area contributed by atoms with Crippen LogP contribution in [0.3, 0.4) is 0 Å². The van der Waals surface area contributed by atoms with E-state index in [4.69, 9.17) is 0 Å². The van der Waals surface area contributed by atoms with E-state index in [2.05, 4.69) is 20.8 Å². The molecule has 0 saturated heterocycles. The van der Waals surface area contributed by atoms with Gasteiger partial charge >= 0.3 is 6.18 Å². The van der Waals surface area contributed by atoms with E-state index in [9.17, 15) is 36.6 Å². The lowest BCUT2D eigenvalue weighted by atomic mass is 9.41. The second kappa shape index (κ2) is 11.8. The van der Waals surface area contributed by atoms with E-state index in [1.165, 1.54) is 0 Å². The van der Waals surface area contributed by atoms with Crippen LogP contribution in [0.5, 0.6) is 0 Å². The Kier molecular flexibility index (Phi) is 9.04. The monoisotopic (exact) mass is 645 g/mol. The number of alkyl halides is 4. The molecule has 4 aliphatic carbocycles. The maximum absolute atomic E-state index is 15.6. The lowest BCUT2D eigenvalue weighted by molar-refractivity contribution is -0.222. The molecule has 0 aliphatic heterocycles. The molecular weight excluding hydrogens is 598 g/mol. The summed E-state index contributed by atoms with van der Waals surface area (Å²) in [5.41, 5.74) is -1.48. The van der Waals surface area contributed by atoms with E-state index < -0.39 is 50.9 Å². The van der Waals surface area contributed by atoms with Crippen LogP contribution in [0, 0.1) is 52.3 Å². The second-order valence-electron chi connectivity index (χ2n) is 14.7. The first-order chi connectivity index (χ1) is 20.5. The minimum atomic E-state index is -4.71. The highest BCUT2D eigenvalue weighted by molar-refractivity contribution is 7.90. The van der Waals surface area contributed by atoms with E-state index in [1.807, 2.05) is 11.6 Å². The zero-order chi connectivity index (χ0) is 32.4. The number of fused-ring (bicyclic) bond motifs is 5. The smallest absolute Gasteiger partial charge is 0.393 e. The normalized spacial score (nSPS) is 41.3. The Bertz CT molecular complexity index is 1340. The summed E-state index contributed by atoms with van der Waals surface area (Å²) in [6, 6.07) is 3.31. The molecule has 12 atom stereocenters. The molecule has 6 nitrogen and oxygen atoms in total. The molecule has 1 aromatic rings. The Morgan fingerprint density at radius 3 is 2.39 bits per heavy atom. The molecule has 5 unspecified atom stereocenters. The average molecular weight is 646 g/mol. The van der Waals surface area contributed by atoms with Crippen molar-refractivity contribution < 1.29 is 41.0 Å². The fourth-order valence-electron chi connectivity index (χ4n) is 10.6. The number of hydrogen-bond donors (Lipinski definition) is 3. The third-order valence-corrected chi connectivity index (χ3v) is 14.1. The first kappa shape index (κ1) is 33.6. The first-order valence-corrected chi connectivity index (χ1v) is 17.7. The van der Waals surface area contributed by atoms with E-state index in [0.717, 1.165) is 50.3 Å². The van der Waals surface area contributed by atoms with Gasteiger partial charge in [0.1, 0.15) is 6.17 Å². The van der Waals surface area contributed by atoms with Gasteiger partial charge in [-0.1, -0.05) is 40.2 Å². The summed E-state index contributed by atoms with van der Waals surface area (Å²) in [5, 5.41) is 22.2. The summed E-state index contributed by atoms with van der Waals surface area (Å²) in [6.07, 6.45) is -1.82. The van der Waals surface area contributed by atoms with E-state index in [0.29, 0.717) is 25.3 Å².